The summed E-state index contributed by atoms with van der Waals surface area (Å²) >= 11 is 0. The van der Waals surface area contributed by atoms with Gasteiger partial charge in [0.05, 0.1) is 6.61 Å². The van der Waals surface area contributed by atoms with Gasteiger partial charge in [-0.25, -0.2) is 4.79 Å². The minimum Gasteiger partial charge on any atom is -0.459 e. The highest BCUT2D eigenvalue weighted by molar-refractivity contribution is 6.32. The van der Waals surface area contributed by atoms with Crippen LogP contribution in [0.3, 0.4) is 0 Å². The van der Waals surface area contributed by atoms with Crippen LogP contribution in [0.2, 0.25) is 0 Å². The van der Waals surface area contributed by atoms with Crippen LogP contribution in [-0.2, 0) is 14.3 Å². The molecule has 4 nitrogen and oxygen atoms in total. The number of ether oxygens (including phenoxy) is 1. The molecule has 1 amide bonds. The van der Waals surface area contributed by atoms with E-state index in [1.165, 1.54) is 38.5 Å². The molecule has 1 saturated carbocycles. The molecular formula is C17H31NO3. The molecule has 0 bridgehead atoms. The van der Waals surface area contributed by atoms with Gasteiger partial charge in [-0.15, -0.1) is 0 Å². The Kier molecular flexibility index (Phi) is 9.92. The highest BCUT2D eigenvalue weighted by atomic mass is 16.5. The summed E-state index contributed by atoms with van der Waals surface area (Å²) in [7, 11) is 0. The first kappa shape index (κ1) is 18.0. The van der Waals surface area contributed by atoms with Crippen LogP contribution in [0.15, 0.2) is 0 Å². The van der Waals surface area contributed by atoms with Crippen LogP contribution in [-0.4, -0.2) is 24.5 Å². The van der Waals surface area contributed by atoms with Gasteiger partial charge in [0.15, 0.2) is 0 Å². The fraction of sp³-hybridized carbons (Fsp3) is 0.882. The lowest BCUT2D eigenvalue weighted by molar-refractivity contribution is -0.155. The van der Waals surface area contributed by atoms with Gasteiger partial charge >= 0.3 is 11.9 Å². The molecule has 0 spiro atoms. The summed E-state index contributed by atoms with van der Waals surface area (Å²) in [4.78, 5) is 23.3. The summed E-state index contributed by atoms with van der Waals surface area (Å²) in [6, 6.07) is 0.154. The third-order valence-corrected chi connectivity index (χ3v) is 4.11. The lowest BCUT2D eigenvalue weighted by Gasteiger charge is -2.15. The maximum absolute atomic E-state index is 11.7. The monoisotopic (exact) mass is 297 g/mol. The Labute approximate surface area is 129 Å². The summed E-state index contributed by atoms with van der Waals surface area (Å²) in [6.45, 7) is 2.55. The van der Waals surface area contributed by atoms with Crippen molar-refractivity contribution in [2.75, 3.05) is 6.61 Å². The van der Waals surface area contributed by atoms with Gasteiger partial charge in [0.2, 0.25) is 0 Å². The molecule has 0 aliphatic heterocycles. The van der Waals surface area contributed by atoms with Gasteiger partial charge in [-0.05, 0) is 19.3 Å². The molecule has 122 valence electrons. The maximum Gasteiger partial charge on any atom is 0.396 e. The van der Waals surface area contributed by atoms with Crippen LogP contribution in [0.1, 0.15) is 84.0 Å². The number of nitrogens with one attached hydrogen (secondary N) is 1. The average Bonchev–Trinajstić information content (AvgIpc) is 2.74. The van der Waals surface area contributed by atoms with Crippen molar-refractivity contribution in [1.82, 2.24) is 5.32 Å². The van der Waals surface area contributed by atoms with Gasteiger partial charge in [-0.1, -0.05) is 64.7 Å². The van der Waals surface area contributed by atoms with Gasteiger partial charge < -0.3 is 10.1 Å². The normalized spacial score (nSPS) is 16.2. The molecule has 1 aliphatic carbocycles. The Bertz CT molecular complexity index is 296. The van der Waals surface area contributed by atoms with Crippen LogP contribution < -0.4 is 5.32 Å². The molecule has 0 atom stereocenters. The smallest absolute Gasteiger partial charge is 0.396 e. The Morgan fingerprint density at radius 3 is 2.24 bits per heavy atom. The number of esters is 1. The van der Waals surface area contributed by atoms with E-state index in [0.717, 1.165) is 38.5 Å². The number of unbranched alkanes of at least 4 members (excludes halogenated alkanes) is 5. The minimum atomic E-state index is -0.715. The Morgan fingerprint density at radius 1 is 0.952 bits per heavy atom. The lowest BCUT2D eigenvalue weighted by atomic mass is 10.1. The summed E-state index contributed by atoms with van der Waals surface area (Å²) < 4.78 is 5.03. The van der Waals surface area contributed by atoms with E-state index in [0.29, 0.717) is 6.61 Å². The van der Waals surface area contributed by atoms with Crippen molar-refractivity contribution >= 4 is 11.9 Å². The van der Waals surface area contributed by atoms with Gasteiger partial charge in [-0.3, -0.25) is 4.79 Å². The number of hydrogen-bond donors (Lipinski definition) is 1. The zero-order valence-electron chi connectivity index (χ0n) is 13.5. The second-order valence-electron chi connectivity index (χ2n) is 6.07. The largest absolute Gasteiger partial charge is 0.459 e. The van der Waals surface area contributed by atoms with Gasteiger partial charge in [0, 0.05) is 6.04 Å². The van der Waals surface area contributed by atoms with Crippen LogP contribution in [0.4, 0.5) is 0 Å². The molecule has 0 heterocycles. The van der Waals surface area contributed by atoms with E-state index in [9.17, 15) is 9.59 Å². The van der Waals surface area contributed by atoms with Gasteiger partial charge in [0.1, 0.15) is 0 Å². The summed E-state index contributed by atoms with van der Waals surface area (Å²) in [5, 5.41) is 2.81. The topological polar surface area (TPSA) is 55.4 Å². The third-order valence-electron chi connectivity index (χ3n) is 4.11. The van der Waals surface area contributed by atoms with E-state index in [4.69, 9.17) is 4.74 Å². The Balaban J connectivity index is 2.06. The van der Waals surface area contributed by atoms with E-state index >= 15 is 0 Å². The average molecular weight is 297 g/mol. The molecular weight excluding hydrogens is 266 g/mol. The highest BCUT2D eigenvalue weighted by Gasteiger charge is 2.20. The molecule has 21 heavy (non-hydrogen) atoms. The van der Waals surface area contributed by atoms with Crippen LogP contribution in [0.5, 0.6) is 0 Å². The zero-order chi connectivity index (χ0) is 15.3. The fourth-order valence-electron chi connectivity index (χ4n) is 2.78. The summed E-state index contributed by atoms with van der Waals surface area (Å²) in [5.41, 5.74) is 0. The molecule has 1 rings (SSSR count). The van der Waals surface area contributed by atoms with Crippen molar-refractivity contribution in [3.05, 3.63) is 0 Å². The quantitative estimate of drug-likeness (QED) is 0.321. The van der Waals surface area contributed by atoms with Crippen molar-refractivity contribution in [2.45, 2.75) is 90.0 Å². The molecule has 0 aromatic rings. The van der Waals surface area contributed by atoms with E-state index in [1.54, 1.807) is 0 Å². The first-order valence-electron chi connectivity index (χ1n) is 8.71. The highest BCUT2D eigenvalue weighted by Crippen LogP contribution is 2.17. The van der Waals surface area contributed by atoms with E-state index < -0.39 is 11.9 Å². The number of hydrogen-bond acceptors (Lipinski definition) is 3. The van der Waals surface area contributed by atoms with Crippen molar-refractivity contribution < 1.29 is 14.3 Å². The Morgan fingerprint density at radius 2 is 1.57 bits per heavy atom. The van der Waals surface area contributed by atoms with Crippen molar-refractivity contribution in [3.63, 3.8) is 0 Å². The lowest BCUT2D eigenvalue weighted by Crippen LogP contribution is -2.40. The molecule has 0 unspecified atom stereocenters. The summed E-state index contributed by atoms with van der Waals surface area (Å²) in [6.07, 6.45) is 13.5. The molecule has 0 saturated heterocycles. The molecule has 0 radical (unpaired) electrons. The number of carbonyl (C=O) groups is 2. The predicted molar refractivity (Wildman–Crippen MR) is 84.0 cm³/mol. The van der Waals surface area contributed by atoms with E-state index in [1.807, 2.05) is 0 Å². The van der Waals surface area contributed by atoms with Gasteiger partial charge in [-0.2, -0.15) is 0 Å². The fourth-order valence-corrected chi connectivity index (χ4v) is 2.78. The van der Waals surface area contributed by atoms with E-state index in [-0.39, 0.29) is 6.04 Å². The third kappa shape index (κ3) is 8.74. The van der Waals surface area contributed by atoms with Crippen LogP contribution in [0, 0.1) is 0 Å². The first-order valence-corrected chi connectivity index (χ1v) is 8.71. The van der Waals surface area contributed by atoms with Crippen LogP contribution >= 0.6 is 0 Å². The maximum atomic E-state index is 11.7. The second-order valence-corrected chi connectivity index (χ2v) is 6.07. The Hall–Kier alpha value is -1.06. The van der Waals surface area contributed by atoms with E-state index in [2.05, 4.69) is 12.2 Å². The van der Waals surface area contributed by atoms with Crippen molar-refractivity contribution in [3.8, 4) is 0 Å². The van der Waals surface area contributed by atoms with Crippen molar-refractivity contribution in [1.29, 1.82) is 0 Å². The first-order chi connectivity index (χ1) is 10.2. The second kappa shape index (κ2) is 11.6. The predicted octanol–water partition coefficient (Wildman–Crippen LogP) is 3.73. The number of carbonyl (C=O) groups excluding carboxylic acids is 2. The van der Waals surface area contributed by atoms with Gasteiger partial charge in [0.25, 0.3) is 0 Å². The molecule has 0 aromatic carbocycles. The molecule has 1 N–H and O–H groups in total. The molecule has 4 heteroatoms. The standard InChI is InChI=1S/C17H31NO3/c1-2-3-4-5-8-11-14-21-17(20)16(19)18-15-12-9-6-7-10-13-15/h15H,2-14H2,1H3,(H,18,19). The van der Waals surface area contributed by atoms with Crippen molar-refractivity contribution in [2.24, 2.45) is 0 Å². The number of amides is 1. The summed E-state index contributed by atoms with van der Waals surface area (Å²) in [5.74, 6) is -1.28. The minimum absolute atomic E-state index is 0.154. The molecule has 1 aliphatic rings. The molecule has 1 fully saturated rings. The zero-order valence-corrected chi connectivity index (χ0v) is 13.5. The van der Waals surface area contributed by atoms with Crippen LogP contribution in [0.25, 0.3) is 0 Å². The number of rotatable bonds is 8. The molecule has 0 aromatic heterocycles. The SMILES string of the molecule is CCCCCCCCOC(=O)C(=O)NC1CCCCCC1.